The molecule has 0 unspecified atom stereocenters. The average Bonchev–Trinajstić information content (AvgIpc) is 4.10. The number of rotatable bonds is 7. The van der Waals surface area contributed by atoms with Crippen LogP contribution in [0, 0.1) is 0 Å². The monoisotopic (exact) mass is 929 g/mol. The lowest BCUT2D eigenvalue weighted by Crippen LogP contribution is -1.98. The van der Waals surface area contributed by atoms with Crippen molar-refractivity contribution in [2.75, 3.05) is 0 Å². The van der Waals surface area contributed by atoms with E-state index in [4.69, 9.17) is 4.98 Å². The van der Waals surface area contributed by atoms with Crippen molar-refractivity contribution >= 4 is 76.2 Å². The van der Waals surface area contributed by atoms with Gasteiger partial charge in [-0.15, -0.1) is 0 Å². The Bertz CT molecular complexity index is 4600. The van der Waals surface area contributed by atoms with Crippen molar-refractivity contribution in [3.8, 4) is 61.8 Å². The van der Waals surface area contributed by atoms with Crippen molar-refractivity contribution in [3.63, 3.8) is 0 Å². The maximum Gasteiger partial charge on any atom is 0.0730 e. The lowest BCUT2D eigenvalue weighted by atomic mass is 9.92. The van der Waals surface area contributed by atoms with Crippen LogP contribution in [-0.4, -0.2) is 23.7 Å². The third-order valence-corrected chi connectivity index (χ3v) is 14.9. The molecule has 0 saturated carbocycles. The molecule has 5 heterocycles. The topological polar surface area (TPSA) is 40.6 Å². The van der Waals surface area contributed by atoms with E-state index >= 15 is 0 Å². The van der Waals surface area contributed by atoms with Gasteiger partial charge in [0.05, 0.1) is 56.4 Å². The Hall–Kier alpha value is -9.84. The van der Waals surface area contributed by atoms with Crippen molar-refractivity contribution in [3.05, 3.63) is 261 Å². The second kappa shape index (κ2) is 16.4. The molecule has 0 aliphatic heterocycles. The third-order valence-electron chi connectivity index (χ3n) is 14.9. The van der Waals surface area contributed by atoms with Crippen LogP contribution in [0.1, 0.15) is 0 Å². The molecule has 0 aliphatic carbocycles. The van der Waals surface area contributed by atoms with E-state index in [1.165, 1.54) is 76.4 Å². The zero-order valence-electron chi connectivity index (χ0n) is 39.6. The van der Waals surface area contributed by atoms with Gasteiger partial charge in [-0.2, -0.15) is 0 Å². The molecule has 0 atom stereocenters. The molecule has 0 bridgehead atoms. The first-order chi connectivity index (χ1) is 36.2. The molecule has 0 saturated heterocycles. The summed E-state index contributed by atoms with van der Waals surface area (Å²) in [4.78, 5) is 9.75. The Kier molecular flexibility index (Phi) is 9.19. The average molecular weight is 930 g/mol. The van der Waals surface area contributed by atoms with Gasteiger partial charge in [0.1, 0.15) is 0 Å². The SMILES string of the molecule is c1ccc(-c2cc(-n3c4ccccc4c4cc(-c5cccc6c(-c7ccc8c(c7)c7ccccc7n8-c7ccc8c(c7)c7ccncc7n8-c7ccccc7)cccc56)ccc43)cc(-c3ccccc3)n2)cc1. The maximum absolute atomic E-state index is 5.21. The first-order valence-electron chi connectivity index (χ1n) is 24.9. The van der Waals surface area contributed by atoms with E-state index < -0.39 is 0 Å². The first kappa shape index (κ1) is 41.0. The van der Waals surface area contributed by atoms with Gasteiger partial charge in [0.25, 0.3) is 0 Å². The normalized spacial score (nSPS) is 11.8. The molecule has 0 N–H and O–H groups in total. The van der Waals surface area contributed by atoms with E-state index in [0.29, 0.717) is 0 Å². The predicted molar refractivity (Wildman–Crippen MR) is 304 cm³/mol. The van der Waals surface area contributed by atoms with Crippen molar-refractivity contribution in [2.45, 2.75) is 0 Å². The molecule has 340 valence electrons. The van der Waals surface area contributed by atoms with Crippen LogP contribution in [0.25, 0.3) is 138 Å². The van der Waals surface area contributed by atoms with E-state index in [0.717, 1.165) is 61.6 Å². The fourth-order valence-electron chi connectivity index (χ4n) is 11.7. The number of nitrogens with zero attached hydrogens (tertiary/aromatic N) is 5. The van der Waals surface area contributed by atoms with Gasteiger partial charge in [-0.25, -0.2) is 4.98 Å². The molecule has 5 nitrogen and oxygen atoms in total. The maximum atomic E-state index is 5.21. The van der Waals surface area contributed by atoms with Crippen molar-refractivity contribution in [1.82, 2.24) is 23.7 Å². The fourth-order valence-corrected chi connectivity index (χ4v) is 11.7. The second-order valence-electron chi connectivity index (χ2n) is 19.0. The lowest BCUT2D eigenvalue weighted by molar-refractivity contribution is 1.16. The van der Waals surface area contributed by atoms with Crippen LogP contribution in [0.15, 0.2) is 261 Å². The molecule has 0 radical (unpaired) electrons. The van der Waals surface area contributed by atoms with Crippen molar-refractivity contribution in [2.24, 2.45) is 0 Å². The van der Waals surface area contributed by atoms with Gasteiger partial charge >= 0.3 is 0 Å². The number of para-hydroxylation sites is 3. The summed E-state index contributed by atoms with van der Waals surface area (Å²) in [5, 5.41) is 9.69. The summed E-state index contributed by atoms with van der Waals surface area (Å²) in [6.45, 7) is 0. The molecule has 73 heavy (non-hydrogen) atoms. The molecule has 0 spiro atoms. The smallest absolute Gasteiger partial charge is 0.0730 e. The van der Waals surface area contributed by atoms with Gasteiger partial charge in [-0.1, -0.05) is 164 Å². The largest absolute Gasteiger partial charge is 0.309 e. The van der Waals surface area contributed by atoms with Crippen LogP contribution < -0.4 is 0 Å². The summed E-state index contributed by atoms with van der Waals surface area (Å²) in [7, 11) is 0. The Morgan fingerprint density at radius 2 is 0.685 bits per heavy atom. The minimum Gasteiger partial charge on any atom is -0.309 e. The van der Waals surface area contributed by atoms with Crippen LogP contribution >= 0.6 is 0 Å². The number of hydrogen-bond donors (Lipinski definition) is 0. The van der Waals surface area contributed by atoms with Crippen LogP contribution in [0.3, 0.4) is 0 Å². The number of fused-ring (bicyclic) bond motifs is 10. The zero-order valence-corrected chi connectivity index (χ0v) is 39.6. The van der Waals surface area contributed by atoms with Crippen molar-refractivity contribution in [1.29, 1.82) is 0 Å². The number of pyridine rings is 2. The van der Waals surface area contributed by atoms with Gasteiger partial charge < -0.3 is 13.7 Å². The van der Waals surface area contributed by atoms with E-state index in [9.17, 15) is 0 Å². The summed E-state index contributed by atoms with van der Waals surface area (Å²) in [5.41, 5.74) is 19.1. The van der Waals surface area contributed by atoms with Gasteiger partial charge in [-0.3, -0.25) is 4.98 Å². The first-order valence-corrected chi connectivity index (χ1v) is 24.9. The second-order valence-corrected chi connectivity index (χ2v) is 19.0. The van der Waals surface area contributed by atoms with Gasteiger partial charge in [0.2, 0.25) is 0 Å². The Labute approximate surface area is 420 Å². The van der Waals surface area contributed by atoms with Crippen LogP contribution in [0.5, 0.6) is 0 Å². The van der Waals surface area contributed by atoms with Crippen molar-refractivity contribution < 1.29 is 0 Å². The molecule has 10 aromatic carbocycles. The highest BCUT2D eigenvalue weighted by Crippen LogP contribution is 2.42. The predicted octanol–water partition coefficient (Wildman–Crippen LogP) is 17.6. The van der Waals surface area contributed by atoms with E-state index in [1.807, 2.05) is 12.4 Å². The fraction of sp³-hybridized carbons (Fsp3) is 0. The lowest BCUT2D eigenvalue weighted by Gasteiger charge is -2.14. The molecule has 15 aromatic rings. The number of hydrogen-bond acceptors (Lipinski definition) is 2. The summed E-state index contributed by atoms with van der Waals surface area (Å²) < 4.78 is 7.15. The molecule has 15 rings (SSSR count). The van der Waals surface area contributed by atoms with Crippen LogP contribution in [0.4, 0.5) is 0 Å². The van der Waals surface area contributed by atoms with Crippen LogP contribution in [0.2, 0.25) is 0 Å². The molecular formula is C68H43N5. The Morgan fingerprint density at radius 1 is 0.247 bits per heavy atom. The Morgan fingerprint density at radius 3 is 1.26 bits per heavy atom. The highest BCUT2D eigenvalue weighted by atomic mass is 15.0. The number of aromatic nitrogens is 5. The van der Waals surface area contributed by atoms with Gasteiger partial charge in [-0.05, 0) is 118 Å². The summed E-state index contributed by atoms with van der Waals surface area (Å²) in [6.07, 6.45) is 3.87. The molecule has 5 aromatic heterocycles. The molecule has 0 amide bonds. The van der Waals surface area contributed by atoms with Gasteiger partial charge in [0.15, 0.2) is 0 Å². The molecule has 0 fully saturated rings. The highest BCUT2D eigenvalue weighted by Gasteiger charge is 2.20. The summed E-state index contributed by atoms with van der Waals surface area (Å²) in [5.74, 6) is 0. The third kappa shape index (κ3) is 6.49. The number of benzene rings is 10. The van der Waals surface area contributed by atoms with E-state index in [2.05, 4.69) is 267 Å². The van der Waals surface area contributed by atoms with E-state index in [-0.39, 0.29) is 0 Å². The Balaban J connectivity index is 0.854. The molecule has 0 aliphatic rings. The summed E-state index contributed by atoms with van der Waals surface area (Å²) in [6, 6.07) is 90.1. The zero-order chi connectivity index (χ0) is 48.0. The summed E-state index contributed by atoms with van der Waals surface area (Å²) >= 11 is 0. The molecule has 5 heteroatoms. The minimum atomic E-state index is 0.940. The highest BCUT2D eigenvalue weighted by molar-refractivity contribution is 6.15. The van der Waals surface area contributed by atoms with Crippen LogP contribution in [-0.2, 0) is 0 Å². The van der Waals surface area contributed by atoms with E-state index in [1.54, 1.807) is 0 Å². The quantitative estimate of drug-likeness (QED) is 0.160. The van der Waals surface area contributed by atoms with Gasteiger partial charge in [0, 0.05) is 61.0 Å². The molecular weight excluding hydrogens is 887 g/mol. The minimum absolute atomic E-state index is 0.940. The standard InChI is InChI=1S/C68H43N5/c1-4-16-44(17-5-1)61-41-50(42-62(70-61)45-18-6-2-7-19-45)73-64-29-13-11-23-56(64)59-39-47(31-34-66(59)73)52-25-15-26-53-51(24-14-27-54(52)53)46-30-33-65-58(38-46)55-22-10-12-28-63(55)72(65)49-32-35-67-60(40-49)57-36-37-69-43-68(57)71(67)48-20-8-3-9-21-48/h1-43H.